The monoisotopic (exact) mass is 202 g/mol. The molecule has 1 aliphatic rings. The molecule has 0 heteroatoms. The fourth-order valence-corrected chi connectivity index (χ4v) is 2.74. The average molecular weight is 202 g/mol. The molecule has 0 bridgehead atoms. The molecule has 0 aliphatic heterocycles. The van der Waals surface area contributed by atoms with Crippen molar-refractivity contribution in [1.29, 1.82) is 0 Å². The second-order valence-corrected chi connectivity index (χ2v) is 5.07. The Kier molecular flexibility index (Phi) is 3.45. The number of rotatable bonds is 2. The van der Waals surface area contributed by atoms with Gasteiger partial charge < -0.3 is 0 Å². The van der Waals surface area contributed by atoms with Gasteiger partial charge in [0.15, 0.2) is 0 Å². The number of aryl methyl sites for hydroxylation is 1. The van der Waals surface area contributed by atoms with Crippen LogP contribution in [0.2, 0.25) is 0 Å². The largest absolute Gasteiger partial charge is 0.0617 e. The van der Waals surface area contributed by atoms with E-state index < -0.39 is 0 Å². The first-order valence-corrected chi connectivity index (χ1v) is 6.32. The third kappa shape index (κ3) is 2.62. The molecule has 1 saturated carbocycles. The van der Waals surface area contributed by atoms with Gasteiger partial charge in [0.1, 0.15) is 0 Å². The van der Waals surface area contributed by atoms with Crippen LogP contribution in [0.15, 0.2) is 18.2 Å². The lowest BCUT2D eigenvalue weighted by atomic mass is 9.83. The van der Waals surface area contributed by atoms with Gasteiger partial charge in [-0.15, -0.1) is 0 Å². The minimum atomic E-state index is 0.958. The second kappa shape index (κ2) is 4.83. The summed E-state index contributed by atoms with van der Waals surface area (Å²) in [5.41, 5.74) is 4.55. The van der Waals surface area contributed by atoms with Gasteiger partial charge in [0.2, 0.25) is 0 Å². The van der Waals surface area contributed by atoms with E-state index in [0.29, 0.717) is 0 Å². The molecular weight excluding hydrogens is 180 g/mol. The van der Waals surface area contributed by atoms with E-state index >= 15 is 0 Å². The third-order valence-electron chi connectivity index (χ3n) is 3.95. The SMILES string of the molecule is Cc1cccc(CC2CCCCC2)c1C. The molecule has 2 rings (SSSR count). The van der Waals surface area contributed by atoms with Crippen molar-refractivity contribution in [3.63, 3.8) is 0 Å². The molecule has 82 valence electrons. The summed E-state index contributed by atoms with van der Waals surface area (Å²) in [6.45, 7) is 4.49. The lowest BCUT2D eigenvalue weighted by Crippen LogP contribution is -2.10. The van der Waals surface area contributed by atoms with Gasteiger partial charge in [-0.3, -0.25) is 0 Å². The first-order valence-electron chi connectivity index (χ1n) is 6.32. The summed E-state index contributed by atoms with van der Waals surface area (Å²) in [6, 6.07) is 6.75. The zero-order chi connectivity index (χ0) is 10.7. The summed E-state index contributed by atoms with van der Waals surface area (Å²) in [6.07, 6.45) is 8.59. The highest BCUT2D eigenvalue weighted by atomic mass is 14.2. The topological polar surface area (TPSA) is 0 Å². The van der Waals surface area contributed by atoms with Crippen LogP contribution in [0.4, 0.5) is 0 Å². The number of hydrogen-bond donors (Lipinski definition) is 0. The van der Waals surface area contributed by atoms with Crippen LogP contribution < -0.4 is 0 Å². The van der Waals surface area contributed by atoms with Gasteiger partial charge in [0, 0.05) is 0 Å². The van der Waals surface area contributed by atoms with Gasteiger partial charge in [-0.1, -0.05) is 50.3 Å². The molecule has 0 atom stereocenters. The molecule has 0 N–H and O–H groups in total. The van der Waals surface area contributed by atoms with Crippen molar-refractivity contribution < 1.29 is 0 Å². The molecule has 0 heterocycles. The summed E-state index contributed by atoms with van der Waals surface area (Å²) in [7, 11) is 0. The molecule has 0 nitrogen and oxygen atoms in total. The predicted molar refractivity (Wildman–Crippen MR) is 66.2 cm³/mol. The van der Waals surface area contributed by atoms with Crippen molar-refractivity contribution in [2.45, 2.75) is 52.4 Å². The van der Waals surface area contributed by atoms with Gasteiger partial charge in [-0.05, 0) is 42.9 Å². The van der Waals surface area contributed by atoms with Crippen LogP contribution in [0.25, 0.3) is 0 Å². The highest BCUT2D eigenvalue weighted by molar-refractivity contribution is 5.33. The Labute approximate surface area is 93.7 Å². The van der Waals surface area contributed by atoms with Crippen LogP contribution in [-0.2, 0) is 6.42 Å². The lowest BCUT2D eigenvalue weighted by Gasteiger charge is -2.22. The quantitative estimate of drug-likeness (QED) is 0.665. The summed E-state index contributed by atoms with van der Waals surface area (Å²) in [4.78, 5) is 0. The Bertz CT molecular complexity index is 319. The minimum Gasteiger partial charge on any atom is -0.0617 e. The Morgan fingerprint density at radius 3 is 2.53 bits per heavy atom. The smallest absolute Gasteiger partial charge is 0.0248 e. The molecule has 1 aromatic carbocycles. The summed E-state index contributed by atoms with van der Waals surface area (Å²) in [5, 5.41) is 0. The summed E-state index contributed by atoms with van der Waals surface area (Å²) < 4.78 is 0. The zero-order valence-electron chi connectivity index (χ0n) is 10.1. The van der Waals surface area contributed by atoms with Gasteiger partial charge >= 0.3 is 0 Å². The average Bonchev–Trinajstić information content (AvgIpc) is 2.26. The highest BCUT2D eigenvalue weighted by Gasteiger charge is 2.14. The van der Waals surface area contributed by atoms with Crippen molar-refractivity contribution in [3.05, 3.63) is 34.9 Å². The predicted octanol–water partition coefficient (Wildman–Crippen LogP) is 4.43. The standard InChI is InChI=1S/C15H22/c1-12-7-6-10-15(13(12)2)11-14-8-4-3-5-9-14/h6-7,10,14H,3-5,8-9,11H2,1-2H3. The van der Waals surface area contributed by atoms with Crippen molar-refractivity contribution in [2.75, 3.05) is 0 Å². The summed E-state index contributed by atoms with van der Waals surface area (Å²) in [5.74, 6) is 0.958. The molecule has 0 spiro atoms. The molecule has 1 aliphatic carbocycles. The Morgan fingerprint density at radius 2 is 1.80 bits per heavy atom. The Balaban J connectivity index is 2.06. The maximum Gasteiger partial charge on any atom is -0.0248 e. The Hall–Kier alpha value is -0.780. The van der Waals surface area contributed by atoms with Crippen molar-refractivity contribution in [1.82, 2.24) is 0 Å². The van der Waals surface area contributed by atoms with Gasteiger partial charge in [-0.25, -0.2) is 0 Å². The van der Waals surface area contributed by atoms with E-state index in [1.165, 1.54) is 49.7 Å². The zero-order valence-corrected chi connectivity index (χ0v) is 10.1. The third-order valence-corrected chi connectivity index (χ3v) is 3.95. The molecule has 1 fully saturated rings. The highest BCUT2D eigenvalue weighted by Crippen LogP contribution is 2.28. The van der Waals surface area contributed by atoms with E-state index in [9.17, 15) is 0 Å². The van der Waals surface area contributed by atoms with Crippen molar-refractivity contribution in [3.8, 4) is 0 Å². The van der Waals surface area contributed by atoms with Crippen LogP contribution in [0.3, 0.4) is 0 Å². The fraction of sp³-hybridized carbons (Fsp3) is 0.600. The number of hydrogen-bond acceptors (Lipinski definition) is 0. The normalized spacial score (nSPS) is 18.0. The molecule has 15 heavy (non-hydrogen) atoms. The summed E-state index contributed by atoms with van der Waals surface area (Å²) >= 11 is 0. The van der Waals surface area contributed by atoms with Gasteiger partial charge in [0.25, 0.3) is 0 Å². The van der Waals surface area contributed by atoms with E-state index in [1.54, 1.807) is 5.56 Å². The number of benzene rings is 1. The lowest BCUT2D eigenvalue weighted by molar-refractivity contribution is 0.356. The fourth-order valence-electron chi connectivity index (χ4n) is 2.74. The van der Waals surface area contributed by atoms with Crippen LogP contribution in [0.1, 0.15) is 48.8 Å². The van der Waals surface area contributed by atoms with Crippen LogP contribution >= 0.6 is 0 Å². The van der Waals surface area contributed by atoms with Crippen LogP contribution in [-0.4, -0.2) is 0 Å². The molecule has 0 amide bonds. The van der Waals surface area contributed by atoms with E-state index in [0.717, 1.165) is 5.92 Å². The van der Waals surface area contributed by atoms with Gasteiger partial charge in [-0.2, -0.15) is 0 Å². The maximum absolute atomic E-state index is 2.32. The van der Waals surface area contributed by atoms with E-state index in [-0.39, 0.29) is 0 Å². The molecule has 0 saturated heterocycles. The van der Waals surface area contributed by atoms with Crippen molar-refractivity contribution >= 4 is 0 Å². The van der Waals surface area contributed by atoms with E-state index in [2.05, 4.69) is 32.0 Å². The van der Waals surface area contributed by atoms with Crippen LogP contribution in [0, 0.1) is 19.8 Å². The molecule has 1 aromatic rings. The second-order valence-electron chi connectivity index (χ2n) is 5.07. The van der Waals surface area contributed by atoms with Crippen LogP contribution in [0.5, 0.6) is 0 Å². The maximum atomic E-state index is 2.32. The first-order chi connectivity index (χ1) is 7.27. The molecule has 0 radical (unpaired) electrons. The molecule has 0 unspecified atom stereocenters. The Morgan fingerprint density at radius 1 is 1.07 bits per heavy atom. The molecule has 0 aromatic heterocycles. The first kappa shape index (κ1) is 10.7. The van der Waals surface area contributed by atoms with E-state index in [4.69, 9.17) is 0 Å². The van der Waals surface area contributed by atoms with Gasteiger partial charge in [0.05, 0.1) is 0 Å². The molecular formula is C15H22. The minimum absolute atomic E-state index is 0.958. The van der Waals surface area contributed by atoms with E-state index in [1.807, 2.05) is 0 Å². The van der Waals surface area contributed by atoms with Crippen molar-refractivity contribution in [2.24, 2.45) is 5.92 Å².